The molecule has 26 heavy (non-hydrogen) atoms. The zero-order valence-electron chi connectivity index (χ0n) is 15.4. The second-order valence-corrected chi connectivity index (χ2v) is 7.16. The first-order valence-electron chi connectivity index (χ1n) is 9.29. The lowest BCUT2D eigenvalue weighted by atomic mass is 10.0. The smallest absolute Gasteiger partial charge is 0.223 e. The SMILES string of the molecule is Cc1ccc(CCC(=O)N2CCCC2c2nnc3ccccn23)c(C)c1. The van der Waals surface area contributed by atoms with Crippen LogP contribution in [0.2, 0.25) is 0 Å². The van der Waals surface area contributed by atoms with Gasteiger partial charge in [0, 0.05) is 19.2 Å². The molecule has 0 saturated carbocycles. The highest BCUT2D eigenvalue weighted by molar-refractivity contribution is 5.77. The number of fused-ring (bicyclic) bond motifs is 1. The third-order valence-electron chi connectivity index (χ3n) is 5.32. The predicted molar refractivity (Wildman–Crippen MR) is 101 cm³/mol. The van der Waals surface area contributed by atoms with E-state index in [0.29, 0.717) is 6.42 Å². The quantitative estimate of drug-likeness (QED) is 0.723. The second kappa shape index (κ2) is 6.90. The first-order valence-corrected chi connectivity index (χ1v) is 9.29. The lowest BCUT2D eigenvalue weighted by Gasteiger charge is -2.23. The molecule has 0 aliphatic carbocycles. The van der Waals surface area contributed by atoms with Crippen molar-refractivity contribution in [2.45, 2.75) is 45.6 Å². The van der Waals surface area contributed by atoms with Crippen molar-refractivity contribution in [2.24, 2.45) is 0 Å². The Morgan fingerprint density at radius 3 is 2.92 bits per heavy atom. The Morgan fingerprint density at radius 1 is 1.19 bits per heavy atom. The van der Waals surface area contributed by atoms with Gasteiger partial charge in [0.2, 0.25) is 5.91 Å². The number of hydrogen-bond acceptors (Lipinski definition) is 3. The summed E-state index contributed by atoms with van der Waals surface area (Å²) < 4.78 is 2.00. The molecule has 0 spiro atoms. The molecule has 1 aromatic carbocycles. The Morgan fingerprint density at radius 2 is 2.08 bits per heavy atom. The van der Waals surface area contributed by atoms with Crippen molar-refractivity contribution >= 4 is 11.6 Å². The molecule has 1 atom stereocenters. The zero-order valence-corrected chi connectivity index (χ0v) is 15.4. The van der Waals surface area contributed by atoms with Crippen molar-refractivity contribution in [1.29, 1.82) is 0 Å². The summed E-state index contributed by atoms with van der Waals surface area (Å²) in [4.78, 5) is 14.9. The lowest BCUT2D eigenvalue weighted by Crippen LogP contribution is -2.31. The highest BCUT2D eigenvalue weighted by Gasteiger charge is 2.32. The number of likely N-dealkylation sites (tertiary alicyclic amines) is 1. The highest BCUT2D eigenvalue weighted by atomic mass is 16.2. The van der Waals surface area contributed by atoms with Crippen LogP contribution in [0.5, 0.6) is 0 Å². The van der Waals surface area contributed by atoms with E-state index in [4.69, 9.17) is 0 Å². The minimum Gasteiger partial charge on any atom is -0.332 e. The molecule has 1 fully saturated rings. The van der Waals surface area contributed by atoms with E-state index in [-0.39, 0.29) is 11.9 Å². The number of pyridine rings is 1. The Balaban J connectivity index is 1.50. The average molecular weight is 348 g/mol. The van der Waals surface area contributed by atoms with Crippen LogP contribution >= 0.6 is 0 Å². The van der Waals surface area contributed by atoms with Gasteiger partial charge in [-0.3, -0.25) is 9.20 Å². The van der Waals surface area contributed by atoms with Crippen molar-refractivity contribution in [3.63, 3.8) is 0 Å². The first-order chi connectivity index (χ1) is 12.6. The maximum Gasteiger partial charge on any atom is 0.223 e. The van der Waals surface area contributed by atoms with Crippen molar-refractivity contribution in [3.05, 3.63) is 65.1 Å². The molecule has 0 N–H and O–H groups in total. The number of aryl methyl sites for hydroxylation is 3. The molecule has 2 aromatic heterocycles. The van der Waals surface area contributed by atoms with Gasteiger partial charge < -0.3 is 4.90 Å². The van der Waals surface area contributed by atoms with Crippen LogP contribution in [0.1, 0.15) is 47.8 Å². The van der Waals surface area contributed by atoms with E-state index in [9.17, 15) is 4.79 Å². The van der Waals surface area contributed by atoms with E-state index in [1.165, 1.54) is 16.7 Å². The molecule has 0 radical (unpaired) electrons. The van der Waals surface area contributed by atoms with Gasteiger partial charge in [0.1, 0.15) is 0 Å². The molecule has 1 unspecified atom stereocenters. The van der Waals surface area contributed by atoms with E-state index in [2.05, 4.69) is 42.2 Å². The van der Waals surface area contributed by atoms with Gasteiger partial charge in [-0.15, -0.1) is 10.2 Å². The van der Waals surface area contributed by atoms with Crippen molar-refractivity contribution < 1.29 is 4.79 Å². The van der Waals surface area contributed by atoms with Gasteiger partial charge in [-0.05, 0) is 56.4 Å². The summed E-state index contributed by atoms with van der Waals surface area (Å²) in [6.07, 6.45) is 5.26. The Bertz CT molecular complexity index is 946. The van der Waals surface area contributed by atoms with Crippen LogP contribution in [0, 0.1) is 13.8 Å². The van der Waals surface area contributed by atoms with Crippen LogP contribution in [0.15, 0.2) is 42.6 Å². The summed E-state index contributed by atoms with van der Waals surface area (Å²) in [5.41, 5.74) is 4.61. The molecule has 4 rings (SSSR count). The van der Waals surface area contributed by atoms with Crippen molar-refractivity contribution in [3.8, 4) is 0 Å². The number of carbonyl (C=O) groups is 1. The fraction of sp³-hybridized carbons (Fsp3) is 0.381. The van der Waals surface area contributed by atoms with Gasteiger partial charge in [0.05, 0.1) is 6.04 Å². The van der Waals surface area contributed by atoms with Crippen molar-refractivity contribution in [1.82, 2.24) is 19.5 Å². The molecule has 0 bridgehead atoms. The molecular formula is C21H24N4O. The molecule has 1 amide bonds. The van der Waals surface area contributed by atoms with Crippen LogP contribution in [0.3, 0.4) is 0 Å². The maximum atomic E-state index is 12.9. The summed E-state index contributed by atoms with van der Waals surface area (Å²) in [7, 11) is 0. The van der Waals surface area contributed by atoms with Crippen LogP contribution in [0.4, 0.5) is 0 Å². The number of benzene rings is 1. The van der Waals surface area contributed by atoms with Gasteiger partial charge in [0.25, 0.3) is 0 Å². The van der Waals surface area contributed by atoms with Crippen LogP contribution in [-0.4, -0.2) is 31.9 Å². The lowest BCUT2D eigenvalue weighted by molar-refractivity contribution is -0.132. The van der Waals surface area contributed by atoms with E-state index < -0.39 is 0 Å². The number of aromatic nitrogens is 3. The van der Waals surface area contributed by atoms with Gasteiger partial charge >= 0.3 is 0 Å². The van der Waals surface area contributed by atoms with Crippen LogP contribution < -0.4 is 0 Å². The summed E-state index contributed by atoms with van der Waals surface area (Å²) >= 11 is 0. The van der Waals surface area contributed by atoms with E-state index in [0.717, 1.165) is 37.3 Å². The Kier molecular flexibility index (Phi) is 4.45. The van der Waals surface area contributed by atoms with E-state index in [1.807, 2.05) is 33.7 Å². The summed E-state index contributed by atoms with van der Waals surface area (Å²) in [6.45, 7) is 5.02. The fourth-order valence-corrected chi connectivity index (χ4v) is 3.93. The van der Waals surface area contributed by atoms with Gasteiger partial charge in [-0.25, -0.2) is 0 Å². The summed E-state index contributed by atoms with van der Waals surface area (Å²) in [5.74, 6) is 1.08. The van der Waals surface area contributed by atoms with E-state index in [1.54, 1.807) is 0 Å². The Labute approximate surface area is 153 Å². The normalized spacial score (nSPS) is 17.2. The van der Waals surface area contributed by atoms with Crippen molar-refractivity contribution in [2.75, 3.05) is 6.54 Å². The van der Waals surface area contributed by atoms with Crippen LogP contribution in [-0.2, 0) is 11.2 Å². The first kappa shape index (κ1) is 16.8. The summed E-state index contributed by atoms with van der Waals surface area (Å²) in [6, 6.07) is 12.3. The number of hydrogen-bond donors (Lipinski definition) is 0. The minimum absolute atomic E-state index is 0.0269. The summed E-state index contributed by atoms with van der Waals surface area (Å²) in [5, 5.41) is 8.62. The van der Waals surface area contributed by atoms with E-state index >= 15 is 0 Å². The molecule has 5 nitrogen and oxygen atoms in total. The molecule has 1 aliphatic rings. The second-order valence-electron chi connectivity index (χ2n) is 7.16. The van der Waals surface area contributed by atoms with Gasteiger partial charge in [0.15, 0.2) is 11.5 Å². The fourth-order valence-electron chi connectivity index (χ4n) is 3.93. The third kappa shape index (κ3) is 3.09. The molecule has 1 saturated heterocycles. The topological polar surface area (TPSA) is 50.5 Å². The number of carbonyl (C=O) groups excluding carboxylic acids is 1. The van der Waals surface area contributed by atoms with Crippen LogP contribution in [0.25, 0.3) is 5.65 Å². The average Bonchev–Trinajstić information content (AvgIpc) is 3.27. The largest absolute Gasteiger partial charge is 0.332 e. The van der Waals surface area contributed by atoms with Gasteiger partial charge in [-0.2, -0.15) is 0 Å². The molecular weight excluding hydrogens is 324 g/mol. The minimum atomic E-state index is 0.0269. The molecule has 134 valence electrons. The number of nitrogens with zero attached hydrogens (tertiary/aromatic N) is 4. The molecule has 5 heteroatoms. The maximum absolute atomic E-state index is 12.9. The molecule has 1 aliphatic heterocycles. The Hall–Kier alpha value is -2.69. The monoisotopic (exact) mass is 348 g/mol. The zero-order chi connectivity index (χ0) is 18.1. The highest BCUT2D eigenvalue weighted by Crippen LogP contribution is 2.31. The third-order valence-corrected chi connectivity index (χ3v) is 5.32. The predicted octanol–water partition coefficient (Wildman–Crippen LogP) is 3.64. The van der Waals surface area contributed by atoms with Gasteiger partial charge in [-0.1, -0.05) is 29.8 Å². The standard InChI is InChI=1S/C21H24N4O/c1-15-8-9-17(16(2)14-15)10-11-20(26)24-13-5-6-18(24)21-23-22-19-7-3-4-12-25(19)21/h3-4,7-9,12,14,18H,5-6,10-11,13H2,1-2H3. The molecule has 3 heterocycles. The molecule has 3 aromatic rings. The number of amides is 1. The number of rotatable bonds is 4.